The molecule has 0 aliphatic carbocycles. The molecule has 1 aliphatic heterocycles. The number of benzene rings is 1. The molecule has 5 nitrogen and oxygen atoms in total. The van der Waals surface area contributed by atoms with Gasteiger partial charge in [-0.25, -0.2) is 9.80 Å². The van der Waals surface area contributed by atoms with Gasteiger partial charge in [-0.3, -0.25) is 10.2 Å². The van der Waals surface area contributed by atoms with Crippen molar-refractivity contribution in [1.82, 2.24) is 10.4 Å². The summed E-state index contributed by atoms with van der Waals surface area (Å²) in [5.74, 6) is -0.320. The zero-order valence-electron chi connectivity index (χ0n) is 11.0. The Morgan fingerprint density at radius 3 is 2.74 bits per heavy atom. The van der Waals surface area contributed by atoms with Crippen molar-refractivity contribution in [3.8, 4) is 0 Å². The fraction of sp³-hybridized carbons (Fsp3) is 0.385. The first kappa shape index (κ1) is 13.9. The number of rotatable bonds is 0. The van der Waals surface area contributed by atoms with Crippen LogP contribution in [0.1, 0.15) is 36.7 Å². The maximum Gasteiger partial charge on any atom is 0.429 e. The van der Waals surface area contributed by atoms with Crippen LogP contribution in [0.3, 0.4) is 0 Å². The third-order valence-corrected chi connectivity index (χ3v) is 3.17. The minimum Gasteiger partial charge on any atom is -0.442 e. The lowest BCUT2D eigenvalue weighted by Gasteiger charge is -2.31. The summed E-state index contributed by atoms with van der Waals surface area (Å²) in [6.45, 7) is 5.62. The highest BCUT2D eigenvalue weighted by molar-refractivity contribution is 9.10. The molecular formula is C13H15BrN2O3. The Kier molecular flexibility index (Phi) is 3.54. The van der Waals surface area contributed by atoms with E-state index in [1.165, 1.54) is 5.01 Å². The Morgan fingerprint density at radius 1 is 1.42 bits per heavy atom. The molecule has 0 fully saturated rings. The van der Waals surface area contributed by atoms with Crippen molar-refractivity contribution in [3.05, 3.63) is 33.8 Å². The van der Waals surface area contributed by atoms with Crippen LogP contribution in [-0.4, -0.2) is 22.6 Å². The van der Waals surface area contributed by atoms with Gasteiger partial charge in [-0.2, -0.15) is 0 Å². The summed E-state index contributed by atoms with van der Waals surface area (Å²) in [5.41, 5.74) is 3.27. The molecule has 0 saturated carbocycles. The largest absolute Gasteiger partial charge is 0.442 e. The van der Waals surface area contributed by atoms with Crippen LogP contribution in [0, 0.1) is 0 Å². The fourth-order valence-corrected chi connectivity index (χ4v) is 2.36. The highest BCUT2D eigenvalue weighted by atomic mass is 79.9. The summed E-state index contributed by atoms with van der Waals surface area (Å²) in [6.07, 6.45) is -0.563. The van der Waals surface area contributed by atoms with Crippen LogP contribution in [0.15, 0.2) is 22.7 Å². The smallest absolute Gasteiger partial charge is 0.429 e. The minimum atomic E-state index is -0.598. The summed E-state index contributed by atoms with van der Waals surface area (Å²) in [6, 6.07) is 5.44. The number of hydrogen-bond acceptors (Lipinski definition) is 3. The zero-order valence-corrected chi connectivity index (χ0v) is 12.6. The van der Waals surface area contributed by atoms with Crippen LogP contribution in [-0.2, 0) is 11.3 Å². The van der Waals surface area contributed by atoms with Gasteiger partial charge in [0.15, 0.2) is 0 Å². The van der Waals surface area contributed by atoms with Gasteiger partial charge < -0.3 is 4.74 Å². The SMILES string of the molecule is CC(C)(C)OC(=O)N1Cc2cccc(Br)c2C(=O)N1. The number of halogens is 1. The molecule has 2 rings (SSSR count). The lowest BCUT2D eigenvalue weighted by molar-refractivity contribution is 0.00938. The number of carbonyl (C=O) groups excluding carboxylic acids is 2. The first-order chi connectivity index (χ1) is 8.78. The molecule has 0 aromatic heterocycles. The number of ether oxygens (including phenoxy) is 1. The fourth-order valence-electron chi connectivity index (χ4n) is 1.77. The van der Waals surface area contributed by atoms with Crippen LogP contribution < -0.4 is 5.43 Å². The second-order valence-corrected chi connectivity index (χ2v) is 6.14. The van der Waals surface area contributed by atoms with Crippen LogP contribution in [0.4, 0.5) is 4.79 Å². The van der Waals surface area contributed by atoms with Gasteiger partial charge in [0.25, 0.3) is 5.91 Å². The molecule has 1 aliphatic rings. The van der Waals surface area contributed by atoms with Gasteiger partial charge >= 0.3 is 6.09 Å². The zero-order chi connectivity index (χ0) is 14.2. The first-order valence-electron chi connectivity index (χ1n) is 5.87. The van der Waals surface area contributed by atoms with E-state index < -0.39 is 11.7 Å². The number of amides is 2. The van der Waals surface area contributed by atoms with Gasteiger partial charge in [0.2, 0.25) is 0 Å². The maximum atomic E-state index is 12.0. The van der Waals surface area contributed by atoms with Crippen molar-refractivity contribution < 1.29 is 14.3 Å². The Hall–Kier alpha value is -1.56. The molecule has 19 heavy (non-hydrogen) atoms. The monoisotopic (exact) mass is 326 g/mol. The average molecular weight is 327 g/mol. The van der Waals surface area contributed by atoms with Gasteiger partial charge in [-0.05, 0) is 48.3 Å². The molecule has 1 aromatic carbocycles. The summed E-state index contributed by atoms with van der Waals surface area (Å²) in [4.78, 5) is 23.9. The molecule has 2 amide bonds. The molecule has 0 atom stereocenters. The van der Waals surface area contributed by atoms with Gasteiger partial charge in [-0.15, -0.1) is 0 Å². The van der Waals surface area contributed by atoms with Crippen LogP contribution in [0.2, 0.25) is 0 Å². The minimum absolute atomic E-state index is 0.287. The predicted molar refractivity (Wildman–Crippen MR) is 73.4 cm³/mol. The van der Waals surface area contributed by atoms with E-state index in [0.29, 0.717) is 10.0 Å². The van der Waals surface area contributed by atoms with Crippen molar-refractivity contribution in [3.63, 3.8) is 0 Å². The molecular weight excluding hydrogens is 312 g/mol. The maximum absolute atomic E-state index is 12.0. The number of hydrogen-bond donors (Lipinski definition) is 1. The Balaban J connectivity index is 2.22. The van der Waals surface area contributed by atoms with Crippen molar-refractivity contribution in [2.45, 2.75) is 32.9 Å². The second kappa shape index (κ2) is 4.85. The molecule has 1 N–H and O–H groups in total. The van der Waals surface area contributed by atoms with E-state index in [0.717, 1.165) is 5.56 Å². The normalized spacial score (nSPS) is 14.7. The third-order valence-electron chi connectivity index (χ3n) is 2.51. The van der Waals surface area contributed by atoms with Crippen LogP contribution in [0.25, 0.3) is 0 Å². The van der Waals surface area contributed by atoms with Gasteiger partial charge in [0.05, 0.1) is 12.1 Å². The highest BCUT2D eigenvalue weighted by Gasteiger charge is 2.30. The van der Waals surface area contributed by atoms with E-state index in [4.69, 9.17) is 4.74 Å². The van der Waals surface area contributed by atoms with E-state index in [-0.39, 0.29) is 12.5 Å². The lowest BCUT2D eigenvalue weighted by Crippen LogP contribution is -2.51. The second-order valence-electron chi connectivity index (χ2n) is 5.28. The van der Waals surface area contributed by atoms with Gasteiger partial charge in [0.1, 0.15) is 5.60 Å². The van der Waals surface area contributed by atoms with Crippen molar-refractivity contribution >= 4 is 27.9 Å². The van der Waals surface area contributed by atoms with Crippen LogP contribution >= 0.6 is 15.9 Å². The molecule has 0 saturated heterocycles. The molecule has 0 bridgehead atoms. The summed E-state index contributed by atoms with van der Waals surface area (Å²) in [7, 11) is 0. The number of carbonyl (C=O) groups is 2. The quantitative estimate of drug-likeness (QED) is 0.797. The standard InChI is InChI=1S/C13H15BrN2O3/c1-13(2,3)19-12(18)16-7-8-5-4-6-9(14)10(8)11(17)15-16/h4-6H,7H2,1-3H3,(H,15,17). The van der Waals surface area contributed by atoms with Crippen molar-refractivity contribution in [1.29, 1.82) is 0 Å². The van der Waals surface area contributed by atoms with E-state index >= 15 is 0 Å². The Bertz CT molecular complexity index is 537. The number of nitrogens with one attached hydrogen (secondary N) is 1. The summed E-state index contributed by atoms with van der Waals surface area (Å²) < 4.78 is 5.95. The third kappa shape index (κ3) is 3.07. The topological polar surface area (TPSA) is 58.6 Å². The molecule has 0 spiro atoms. The number of fused-ring (bicyclic) bond motifs is 1. The first-order valence-corrected chi connectivity index (χ1v) is 6.66. The Morgan fingerprint density at radius 2 is 2.11 bits per heavy atom. The molecule has 102 valence electrons. The number of nitrogens with zero attached hydrogens (tertiary/aromatic N) is 1. The van der Waals surface area contributed by atoms with E-state index in [9.17, 15) is 9.59 Å². The molecule has 6 heteroatoms. The molecule has 1 aromatic rings. The molecule has 0 radical (unpaired) electrons. The van der Waals surface area contributed by atoms with Gasteiger partial charge in [-0.1, -0.05) is 12.1 Å². The van der Waals surface area contributed by atoms with E-state index in [2.05, 4.69) is 21.4 Å². The van der Waals surface area contributed by atoms with Crippen LogP contribution in [0.5, 0.6) is 0 Å². The van der Waals surface area contributed by atoms with Crippen molar-refractivity contribution in [2.24, 2.45) is 0 Å². The van der Waals surface area contributed by atoms with Crippen molar-refractivity contribution in [2.75, 3.05) is 0 Å². The Labute approximate surface area is 120 Å². The average Bonchev–Trinajstić information content (AvgIpc) is 2.26. The molecule has 1 heterocycles. The van der Waals surface area contributed by atoms with Gasteiger partial charge in [0, 0.05) is 4.47 Å². The summed E-state index contributed by atoms with van der Waals surface area (Å²) >= 11 is 3.33. The summed E-state index contributed by atoms with van der Waals surface area (Å²) in [5, 5.41) is 1.18. The predicted octanol–water partition coefficient (Wildman–Crippen LogP) is 2.84. The van der Waals surface area contributed by atoms with E-state index in [1.54, 1.807) is 26.8 Å². The lowest BCUT2D eigenvalue weighted by atomic mass is 10.1. The number of hydrazine groups is 1. The molecule has 0 unspecified atom stereocenters. The van der Waals surface area contributed by atoms with E-state index in [1.807, 2.05) is 12.1 Å². The highest BCUT2D eigenvalue weighted by Crippen LogP contribution is 2.25.